The minimum atomic E-state index is -0.695. The van der Waals surface area contributed by atoms with Gasteiger partial charge in [-0.1, -0.05) is 40.2 Å². The van der Waals surface area contributed by atoms with Crippen LogP contribution in [0.1, 0.15) is 47.0 Å². The molecule has 2 N–H and O–H groups in total. The molecule has 40 heavy (non-hydrogen) atoms. The number of methoxy groups -OCH3 is 3. The topological polar surface area (TPSA) is 133 Å². The highest BCUT2D eigenvalue weighted by Crippen LogP contribution is 2.34. The van der Waals surface area contributed by atoms with Crippen LogP contribution in [-0.4, -0.2) is 50.1 Å². The zero-order chi connectivity index (χ0) is 28.8. The fraction of sp³-hybridized carbons (Fsp3) is 0.138. The van der Waals surface area contributed by atoms with Gasteiger partial charge in [-0.3, -0.25) is 9.78 Å². The predicted octanol–water partition coefficient (Wildman–Crippen LogP) is 5.03. The molecule has 0 saturated heterocycles. The molecular weight excluding hydrogens is 582 g/mol. The van der Waals surface area contributed by atoms with Crippen LogP contribution in [0.2, 0.25) is 0 Å². The number of halogens is 1. The Morgan fingerprint density at radius 2 is 1.35 bits per heavy atom. The lowest BCUT2D eigenvalue weighted by atomic mass is 10.0. The van der Waals surface area contributed by atoms with Gasteiger partial charge < -0.3 is 24.8 Å². The van der Waals surface area contributed by atoms with E-state index in [-0.39, 0.29) is 34.6 Å². The Morgan fingerprint density at radius 3 is 2.00 bits per heavy atom. The average molecular weight is 606 g/mol. The minimum absolute atomic E-state index is 0.0219. The Labute approximate surface area is 237 Å². The van der Waals surface area contributed by atoms with Crippen LogP contribution < -0.4 is 10.6 Å². The molecule has 11 heteroatoms. The molecule has 1 heterocycles. The van der Waals surface area contributed by atoms with Gasteiger partial charge in [0.2, 0.25) is 0 Å². The van der Waals surface area contributed by atoms with Gasteiger partial charge in [-0.25, -0.2) is 14.4 Å². The fourth-order valence-corrected chi connectivity index (χ4v) is 4.45. The second-order valence-corrected chi connectivity index (χ2v) is 9.29. The van der Waals surface area contributed by atoms with E-state index in [1.54, 1.807) is 42.5 Å². The van der Waals surface area contributed by atoms with Gasteiger partial charge in [0.05, 0.1) is 60.5 Å². The van der Waals surface area contributed by atoms with Crippen LogP contribution in [0.4, 0.5) is 11.4 Å². The third kappa shape index (κ3) is 5.79. The molecule has 1 amide bonds. The van der Waals surface area contributed by atoms with Gasteiger partial charge in [0.15, 0.2) is 0 Å². The van der Waals surface area contributed by atoms with E-state index in [1.807, 2.05) is 0 Å². The van der Waals surface area contributed by atoms with Crippen LogP contribution >= 0.6 is 15.9 Å². The molecule has 0 atom stereocenters. The van der Waals surface area contributed by atoms with Crippen molar-refractivity contribution in [1.82, 2.24) is 10.3 Å². The van der Waals surface area contributed by atoms with Gasteiger partial charge in [-0.05, 0) is 42.0 Å². The summed E-state index contributed by atoms with van der Waals surface area (Å²) in [5, 5.41) is 6.49. The Kier molecular flexibility index (Phi) is 8.75. The van der Waals surface area contributed by atoms with E-state index in [2.05, 4.69) is 31.5 Å². The number of aromatic nitrogens is 1. The number of para-hydroxylation sites is 1. The molecule has 204 valence electrons. The highest BCUT2D eigenvalue weighted by atomic mass is 79.9. The summed E-state index contributed by atoms with van der Waals surface area (Å²) in [6.07, 6.45) is 1.39. The Hall–Kier alpha value is -4.77. The van der Waals surface area contributed by atoms with Crippen molar-refractivity contribution in [3.05, 3.63) is 99.2 Å². The number of hydrogen-bond donors (Lipinski definition) is 2. The molecule has 0 aliphatic rings. The first kappa shape index (κ1) is 28.2. The number of carbonyl (C=O) groups is 4. The van der Waals surface area contributed by atoms with Gasteiger partial charge in [0.1, 0.15) is 0 Å². The Morgan fingerprint density at radius 1 is 0.750 bits per heavy atom. The Balaban J connectivity index is 1.82. The third-order valence-corrected chi connectivity index (χ3v) is 6.56. The van der Waals surface area contributed by atoms with Crippen molar-refractivity contribution in [1.29, 1.82) is 0 Å². The summed E-state index contributed by atoms with van der Waals surface area (Å²) in [5.74, 6) is -2.44. The maximum atomic E-state index is 13.5. The normalized spacial score (nSPS) is 10.5. The molecule has 0 aliphatic carbocycles. The SMILES string of the molecule is COC(=O)c1ccccc1CNC(=O)c1cnc2cc(Br)ccc2c1Nc1c(C(=O)OC)cccc1C(=O)OC. The number of carbonyl (C=O) groups excluding carboxylic acids is 4. The number of benzene rings is 3. The second kappa shape index (κ2) is 12.4. The number of rotatable bonds is 8. The number of hydrogen-bond acceptors (Lipinski definition) is 9. The summed E-state index contributed by atoms with van der Waals surface area (Å²) < 4.78 is 15.5. The molecule has 4 aromatic rings. The lowest BCUT2D eigenvalue weighted by molar-refractivity contribution is 0.0587. The second-order valence-electron chi connectivity index (χ2n) is 8.38. The highest BCUT2D eigenvalue weighted by Gasteiger charge is 2.24. The van der Waals surface area contributed by atoms with Crippen molar-refractivity contribution in [2.24, 2.45) is 0 Å². The third-order valence-electron chi connectivity index (χ3n) is 6.06. The monoisotopic (exact) mass is 605 g/mol. The van der Waals surface area contributed by atoms with Crippen molar-refractivity contribution < 1.29 is 33.4 Å². The van der Waals surface area contributed by atoms with Crippen LogP contribution in [0.3, 0.4) is 0 Å². The molecule has 1 aromatic heterocycles. The summed E-state index contributed by atoms with van der Waals surface area (Å²) >= 11 is 3.43. The average Bonchev–Trinajstić information content (AvgIpc) is 2.98. The van der Waals surface area contributed by atoms with Crippen LogP contribution in [-0.2, 0) is 20.8 Å². The van der Waals surface area contributed by atoms with E-state index >= 15 is 0 Å². The first-order valence-electron chi connectivity index (χ1n) is 11.9. The largest absolute Gasteiger partial charge is 0.465 e. The molecular formula is C29H24BrN3O7. The van der Waals surface area contributed by atoms with Crippen molar-refractivity contribution in [3.63, 3.8) is 0 Å². The minimum Gasteiger partial charge on any atom is -0.465 e. The van der Waals surface area contributed by atoms with Gasteiger partial charge in [0.25, 0.3) is 5.91 Å². The standard InChI is InChI=1S/C29H24BrN3O7/c1-38-27(35)18-8-5-4-7-16(18)14-32-26(34)22-15-31-23-13-17(30)11-12-19(23)24(22)33-25-20(28(36)39-2)9-6-10-21(25)29(37)40-3/h4-13,15H,14H2,1-3H3,(H,31,33)(H,32,34). The molecule has 10 nitrogen and oxygen atoms in total. The highest BCUT2D eigenvalue weighted by molar-refractivity contribution is 9.10. The van der Waals surface area contributed by atoms with Gasteiger partial charge >= 0.3 is 17.9 Å². The molecule has 0 unspecified atom stereocenters. The molecule has 4 rings (SSSR count). The first-order valence-corrected chi connectivity index (χ1v) is 12.7. The van der Waals surface area contributed by atoms with Crippen LogP contribution in [0.15, 0.2) is 71.3 Å². The van der Waals surface area contributed by atoms with Crippen molar-refractivity contribution in [3.8, 4) is 0 Å². The molecule has 0 fully saturated rings. The predicted molar refractivity (Wildman–Crippen MR) is 151 cm³/mol. The smallest absolute Gasteiger partial charge is 0.340 e. The molecule has 0 radical (unpaired) electrons. The number of esters is 3. The zero-order valence-corrected chi connectivity index (χ0v) is 23.3. The Bertz CT molecular complexity index is 1600. The summed E-state index contributed by atoms with van der Waals surface area (Å²) in [6, 6.07) is 16.5. The number of anilines is 2. The van der Waals surface area contributed by atoms with E-state index in [9.17, 15) is 19.2 Å². The lowest BCUT2D eigenvalue weighted by Gasteiger charge is -2.19. The quantitative estimate of drug-likeness (QED) is 0.209. The van der Waals surface area contributed by atoms with Gasteiger partial charge in [0, 0.05) is 22.6 Å². The molecule has 3 aromatic carbocycles. The van der Waals surface area contributed by atoms with Gasteiger partial charge in [-0.2, -0.15) is 0 Å². The van der Waals surface area contributed by atoms with E-state index < -0.39 is 23.8 Å². The van der Waals surface area contributed by atoms with E-state index in [0.29, 0.717) is 22.0 Å². The van der Waals surface area contributed by atoms with E-state index in [4.69, 9.17) is 14.2 Å². The maximum absolute atomic E-state index is 13.5. The van der Waals surface area contributed by atoms with E-state index in [0.717, 1.165) is 4.47 Å². The van der Waals surface area contributed by atoms with Crippen molar-refractivity contribution in [2.45, 2.75) is 6.54 Å². The zero-order valence-electron chi connectivity index (χ0n) is 21.7. The van der Waals surface area contributed by atoms with Crippen molar-refractivity contribution >= 4 is 62.0 Å². The number of ether oxygens (including phenoxy) is 3. The van der Waals surface area contributed by atoms with Crippen LogP contribution in [0.25, 0.3) is 10.9 Å². The van der Waals surface area contributed by atoms with Gasteiger partial charge in [-0.15, -0.1) is 0 Å². The molecule has 0 spiro atoms. The molecule has 0 bridgehead atoms. The summed E-state index contributed by atoms with van der Waals surface area (Å²) in [5.41, 5.74) is 2.05. The van der Waals surface area contributed by atoms with E-state index in [1.165, 1.54) is 45.7 Å². The van der Waals surface area contributed by atoms with Crippen LogP contribution in [0, 0.1) is 0 Å². The molecule has 0 aliphatic heterocycles. The van der Waals surface area contributed by atoms with Crippen LogP contribution in [0.5, 0.6) is 0 Å². The summed E-state index contributed by atoms with van der Waals surface area (Å²) in [7, 11) is 3.73. The number of nitrogens with one attached hydrogen (secondary N) is 2. The number of nitrogens with zero attached hydrogens (tertiary/aromatic N) is 1. The molecule has 0 saturated carbocycles. The summed E-state index contributed by atoms with van der Waals surface area (Å²) in [4.78, 5) is 55.4. The maximum Gasteiger partial charge on any atom is 0.340 e. The van der Waals surface area contributed by atoms with Crippen molar-refractivity contribution in [2.75, 3.05) is 26.6 Å². The summed E-state index contributed by atoms with van der Waals surface area (Å²) in [6.45, 7) is 0.0219. The lowest BCUT2D eigenvalue weighted by Crippen LogP contribution is -2.25. The number of amides is 1. The first-order chi connectivity index (χ1) is 19.3. The number of pyridine rings is 1. The number of fused-ring (bicyclic) bond motifs is 1. The fourth-order valence-electron chi connectivity index (χ4n) is 4.10.